The second kappa shape index (κ2) is 5.87. The van der Waals surface area contributed by atoms with Crippen LogP contribution in [0.3, 0.4) is 0 Å². The lowest BCUT2D eigenvalue weighted by atomic mass is 10.1. The van der Waals surface area contributed by atoms with Crippen LogP contribution in [-0.4, -0.2) is 12.1 Å². The van der Waals surface area contributed by atoms with Crippen LogP contribution in [0.5, 0.6) is 5.75 Å². The molecule has 94 valence electrons. The molecule has 0 radical (unpaired) electrons. The topological polar surface area (TPSA) is 34.1 Å². The molecule has 0 atom stereocenters. The SMILES string of the molecule is COc1ccc(C)cc1CNc1cccnc1Br. The third-order valence-corrected chi connectivity index (χ3v) is 3.30. The minimum absolute atomic E-state index is 0.704. The van der Waals surface area contributed by atoms with Crippen LogP contribution in [0.2, 0.25) is 0 Å². The van der Waals surface area contributed by atoms with Crippen LogP contribution < -0.4 is 10.1 Å². The van der Waals surface area contributed by atoms with E-state index >= 15 is 0 Å². The quantitative estimate of drug-likeness (QED) is 0.873. The van der Waals surface area contributed by atoms with E-state index in [1.54, 1.807) is 13.3 Å². The van der Waals surface area contributed by atoms with E-state index in [0.717, 1.165) is 21.6 Å². The lowest BCUT2D eigenvalue weighted by Crippen LogP contribution is -2.03. The molecule has 0 fully saturated rings. The average Bonchev–Trinajstić information content (AvgIpc) is 2.38. The molecule has 2 rings (SSSR count). The Balaban J connectivity index is 2.15. The Kier molecular flexibility index (Phi) is 4.20. The molecule has 2 aromatic rings. The predicted molar refractivity (Wildman–Crippen MR) is 77.0 cm³/mol. The van der Waals surface area contributed by atoms with Gasteiger partial charge in [-0.2, -0.15) is 0 Å². The molecular formula is C14H15BrN2O. The first-order chi connectivity index (χ1) is 8.70. The van der Waals surface area contributed by atoms with E-state index in [4.69, 9.17) is 4.74 Å². The number of methoxy groups -OCH3 is 1. The minimum Gasteiger partial charge on any atom is -0.496 e. The largest absolute Gasteiger partial charge is 0.496 e. The maximum absolute atomic E-state index is 5.35. The molecule has 0 saturated carbocycles. The monoisotopic (exact) mass is 306 g/mol. The molecule has 4 heteroatoms. The summed E-state index contributed by atoms with van der Waals surface area (Å²) in [6.45, 7) is 2.78. The number of anilines is 1. The first kappa shape index (κ1) is 12.9. The summed E-state index contributed by atoms with van der Waals surface area (Å²) in [5.74, 6) is 0.896. The zero-order valence-corrected chi connectivity index (χ0v) is 12.0. The summed E-state index contributed by atoms with van der Waals surface area (Å²) in [5, 5.41) is 3.34. The number of nitrogens with zero attached hydrogens (tertiary/aromatic N) is 1. The molecule has 18 heavy (non-hydrogen) atoms. The highest BCUT2D eigenvalue weighted by atomic mass is 79.9. The fourth-order valence-electron chi connectivity index (χ4n) is 1.75. The van der Waals surface area contributed by atoms with Crippen LogP contribution in [0.1, 0.15) is 11.1 Å². The second-order valence-electron chi connectivity index (χ2n) is 4.01. The number of aryl methyl sites for hydroxylation is 1. The zero-order valence-electron chi connectivity index (χ0n) is 10.4. The Morgan fingerprint density at radius 1 is 1.33 bits per heavy atom. The van der Waals surface area contributed by atoms with Gasteiger partial charge in [-0.1, -0.05) is 17.7 Å². The lowest BCUT2D eigenvalue weighted by Gasteiger charge is -2.12. The number of halogens is 1. The maximum atomic E-state index is 5.35. The summed E-state index contributed by atoms with van der Waals surface area (Å²) < 4.78 is 6.17. The molecule has 1 aromatic carbocycles. The van der Waals surface area contributed by atoms with Crippen molar-refractivity contribution in [3.05, 3.63) is 52.3 Å². The minimum atomic E-state index is 0.704. The van der Waals surface area contributed by atoms with Crippen LogP contribution in [-0.2, 0) is 6.54 Å². The van der Waals surface area contributed by atoms with Crippen molar-refractivity contribution in [2.75, 3.05) is 12.4 Å². The zero-order chi connectivity index (χ0) is 13.0. The van der Waals surface area contributed by atoms with E-state index in [2.05, 4.69) is 39.2 Å². The van der Waals surface area contributed by atoms with Gasteiger partial charge < -0.3 is 10.1 Å². The molecule has 0 aliphatic rings. The van der Waals surface area contributed by atoms with Crippen LogP contribution in [0, 0.1) is 6.92 Å². The number of rotatable bonds is 4. The molecule has 0 aliphatic heterocycles. The molecule has 0 bridgehead atoms. The molecule has 0 amide bonds. The molecule has 1 aromatic heterocycles. The van der Waals surface area contributed by atoms with Gasteiger partial charge in [0.1, 0.15) is 10.4 Å². The Morgan fingerprint density at radius 2 is 2.17 bits per heavy atom. The standard InChI is InChI=1S/C14H15BrN2O/c1-10-5-6-13(18-2)11(8-10)9-17-12-4-3-7-16-14(12)15/h3-8,17H,9H2,1-2H3. The van der Waals surface area contributed by atoms with Gasteiger partial charge in [0.2, 0.25) is 0 Å². The van der Waals surface area contributed by atoms with Crippen LogP contribution >= 0.6 is 15.9 Å². The Bertz CT molecular complexity index is 543. The van der Waals surface area contributed by atoms with E-state index in [9.17, 15) is 0 Å². The van der Waals surface area contributed by atoms with Gasteiger partial charge in [-0.25, -0.2) is 4.98 Å². The highest BCUT2D eigenvalue weighted by molar-refractivity contribution is 9.10. The van der Waals surface area contributed by atoms with E-state index in [0.29, 0.717) is 6.54 Å². The van der Waals surface area contributed by atoms with Crippen molar-refractivity contribution >= 4 is 21.6 Å². The van der Waals surface area contributed by atoms with Crippen LogP contribution in [0.15, 0.2) is 41.1 Å². The maximum Gasteiger partial charge on any atom is 0.129 e. The average molecular weight is 307 g/mol. The first-order valence-electron chi connectivity index (χ1n) is 5.68. The van der Waals surface area contributed by atoms with Crippen molar-refractivity contribution in [2.45, 2.75) is 13.5 Å². The molecule has 0 unspecified atom stereocenters. The normalized spacial score (nSPS) is 10.2. The number of nitrogens with one attached hydrogen (secondary N) is 1. The summed E-state index contributed by atoms with van der Waals surface area (Å²) in [5.41, 5.74) is 3.33. The van der Waals surface area contributed by atoms with Gasteiger partial charge in [0.05, 0.1) is 12.8 Å². The molecular weight excluding hydrogens is 292 g/mol. The van der Waals surface area contributed by atoms with Crippen molar-refractivity contribution in [1.29, 1.82) is 0 Å². The number of benzene rings is 1. The van der Waals surface area contributed by atoms with Gasteiger partial charge in [-0.15, -0.1) is 0 Å². The van der Waals surface area contributed by atoms with E-state index < -0.39 is 0 Å². The van der Waals surface area contributed by atoms with Crippen molar-refractivity contribution < 1.29 is 4.74 Å². The van der Waals surface area contributed by atoms with E-state index in [-0.39, 0.29) is 0 Å². The van der Waals surface area contributed by atoms with Crippen LogP contribution in [0.4, 0.5) is 5.69 Å². The fourth-order valence-corrected chi connectivity index (χ4v) is 2.14. The van der Waals surface area contributed by atoms with Gasteiger partial charge in [-0.05, 0) is 41.1 Å². The third kappa shape index (κ3) is 3.01. The lowest BCUT2D eigenvalue weighted by molar-refractivity contribution is 0.410. The fraction of sp³-hybridized carbons (Fsp3) is 0.214. The number of ether oxygens (including phenoxy) is 1. The number of aromatic nitrogens is 1. The smallest absolute Gasteiger partial charge is 0.129 e. The Hall–Kier alpha value is -1.55. The Labute approximate surface area is 115 Å². The van der Waals surface area contributed by atoms with Crippen molar-refractivity contribution in [1.82, 2.24) is 4.98 Å². The predicted octanol–water partition coefficient (Wildman–Crippen LogP) is 3.77. The van der Waals surface area contributed by atoms with Gasteiger partial charge in [0, 0.05) is 18.3 Å². The summed E-state index contributed by atoms with van der Waals surface area (Å²) in [4.78, 5) is 4.17. The van der Waals surface area contributed by atoms with Crippen molar-refractivity contribution in [3.63, 3.8) is 0 Å². The van der Waals surface area contributed by atoms with Gasteiger partial charge in [0.15, 0.2) is 0 Å². The van der Waals surface area contributed by atoms with Crippen LogP contribution in [0.25, 0.3) is 0 Å². The molecule has 1 heterocycles. The summed E-state index contributed by atoms with van der Waals surface area (Å²) >= 11 is 3.42. The van der Waals surface area contributed by atoms with Crippen molar-refractivity contribution in [2.24, 2.45) is 0 Å². The third-order valence-electron chi connectivity index (χ3n) is 2.66. The Morgan fingerprint density at radius 3 is 2.89 bits per heavy atom. The van der Waals surface area contributed by atoms with E-state index in [1.165, 1.54) is 5.56 Å². The van der Waals surface area contributed by atoms with Gasteiger partial charge >= 0.3 is 0 Å². The molecule has 3 nitrogen and oxygen atoms in total. The van der Waals surface area contributed by atoms with Gasteiger partial charge in [0.25, 0.3) is 0 Å². The van der Waals surface area contributed by atoms with Gasteiger partial charge in [-0.3, -0.25) is 0 Å². The summed E-state index contributed by atoms with van der Waals surface area (Å²) in [7, 11) is 1.69. The molecule has 0 saturated heterocycles. The summed E-state index contributed by atoms with van der Waals surface area (Å²) in [6, 6.07) is 10.0. The highest BCUT2D eigenvalue weighted by Crippen LogP contribution is 2.23. The molecule has 1 N–H and O–H groups in total. The number of hydrogen-bond donors (Lipinski definition) is 1. The number of hydrogen-bond acceptors (Lipinski definition) is 3. The summed E-state index contributed by atoms with van der Waals surface area (Å²) in [6.07, 6.45) is 1.75. The first-order valence-corrected chi connectivity index (χ1v) is 6.48. The van der Waals surface area contributed by atoms with E-state index in [1.807, 2.05) is 24.3 Å². The van der Waals surface area contributed by atoms with Crippen molar-refractivity contribution in [3.8, 4) is 5.75 Å². The molecule has 0 spiro atoms. The number of pyridine rings is 1. The molecule has 0 aliphatic carbocycles. The highest BCUT2D eigenvalue weighted by Gasteiger charge is 2.04. The second-order valence-corrected chi connectivity index (χ2v) is 4.76.